The third kappa shape index (κ3) is 2.87. The van der Waals surface area contributed by atoms with Crippen LogP contribution in [0.1, 0.15) is 79.1 Å². The maximum atomic E-state index is 12.5. The van der Waals surface area contributed by atoms with E-state index in [1.807, 2.05) is 6.92 Å². The van der Waals surface area contributed by atoms with Gasteiger partial charge in [-0.2, -0.15) is 0 Å². The van der Waals surface area contributed by atoms with Gasteiger partial charge in [-0.15, -0.1) is 0 Å². The Morgan fingerprint density at radius 2 is 1.81 bits per heavy atom. The highest BCUT2D eigenvalue weighted by atomic mass is 16.4. The monoisotopic (exact) mass is 436 g/mol. The molecular weight excluding hydrogens is 400 g/mol. The van der Waals surface area contributed by atoms with E-state index in [4.69, 9.17) is 0 Å². The predicted octanol–water partition coefficient (Wildman–Crippen LogP) is 6.31. The fraction of sp³-hybridized carbons (Fsp3) is 0.643. The number of aliphatic hydroxyl groups excluding tert-OH is 1. The standard InChI is InChI=1S/C28H36O4/c1-16-18-5-6-23-27(3,20(18)15-22(29)25(16)32)10-8-19-21-13-17(14-24(30)31)7-9-26(21,2)11-12-28(19,23)4/h5-6,15,17,19,21,32H,7-14H2,1-4H3,(H,30,31)/t17-,19?,21-,26+,27-,28-/m0/s1. The normalized spacial score (nSPS) is 43.2. The van der Waals surface area contributed by atoms with E-state index >= 15 is 0 Å². The van der Waals surface area contributed by atoms with Gasteiger partial charge < -0.3 is 10.2 Å². The smallest absolute Gasteiger partial charge is 0.303 e. The molecule has 32 heavy (non-hydrogen) atoms. The van der Waals surface area contributed by atoms with E-state index in [-0.39, 0.29) is 22.4 Å². The maximum Gasteiger partial charge on any atom is 0.303 e. The van der Waals surface area contributed by atoms with Crippen LogP contribution in [-0.2, 0) is 9.59 Å². The van der Waals surface area contributed by atoms with Gasteiger partial charge in [0.25, 0.3) is 0 Å². The van der Waals surface area contributed by atoms with Crippen molar-refractivity contribution in [3.63, 3.8) is 0 Å². The van der Waals surface area contributed by atoms with Crippen molar-refractivity contribution >= 4 is 11.8 Å². The van der Waals surface area contributed by atoms with Gasteiger partial charge in [0, 0.05) is 17.4 Å². The molecule has 5 aliphatic carbocycles. The number of rotatable bonds is 2. The lowest BCUT2D eigenvalue weighted by molar-refractivity contribution is -0.140. The number of hydrogen-bond donors (Lipinski definition) is 2. The van der Waals surface area contributed by atoms with E-state index in [0.717, 1.165) is 49.7 Å². The lowest BCUT2D eigenvalue weighted by Gasteiger charge is -2.64. The van der Waals surface area contributed by atoms with Gasteiger partial charge >= 0.3 is 5.97 Å². The highest BCUT2D eigenvalue weighted by Gasteiger charge is 2.60. The number of hydrogen-bond acceptors (Lipinski definition) is 3. The van der Waals surface area contributed by atoms with Gasteiger partial charge in [-0.3, -0.25) is 9.59 Å². The minimum absolute atomic E-state index is 0.0608. The zero-order chi connectivity index (χ0) is 23.1. The zero-order valence-corrected chi connectivity index (χ0v) is 19.8. The molecule has 0 aromatic carbocycles. The van der Waals surface area contributed by atoms with Crippen LogP contribution in [0.5, 0.6) is 0 Å². The topological polar surface area (TPSA) is 74.6 Å². The molecule has 0 aromatic heterocycles. The summed E-state index contributed by atoms with van der Waals surface area (Å²) in [5, 5.41) is 19.6. The number of carboxylic acid groups (broad SMARTS) is 1. The second-order valence-electron chi connectivity index (χ2n) is 12.0. The van der Waals surface area contributed by atoms with Crippen molar-refractivity contribution in [1.29, 1.82) is 0 Å². The molecule has 2 N–H and O–H groups in total. The van der Waals surface area contributed by atoms with Gasteiger partial charge in [-0.05, 0) is 97.7 Å². The predicted molar refractivity (Wildman–Crippen MR) is 124 cm³/mol. The van der Waals surface area contributed by atoms with Crippen LogP contribution in [-0.4, -0.2) is 22.0 Å². The van der Waals surface area contributed by atoms with Crippen LogP contribution in [0.25, 0.3) is 0 Å². The third-order valence-corrected chi connectivity index (χ3v) is 10.3. The first-order valence-electron chi connectivity index (χ1n) is 12.3. The van der Waals surface area contributed by atoms with Crippen LogP contribution >= 0.6 is 0 Å². The highest BCUT2D eigenvalue weighted by molar-refractivity contribution is 6.06. The van der Waals surface area contributed by atoms with Crippen molar-refractivity contribution in [2.75, 3.05) is 0 Å². The molecule has 5 aliphatic rings. The van der Waals surface area contributed by atoms with E-state index < -0.39 is 5.97 Å². The number of allylic oxidation sites excluding steroid dienone is 7. The van der Waals surface area contributed by atoms with Crippen molar-refractivity contribution in [3.05, 3.63) is 46.3 Å². The molecule has 0 amide bonds. The molecule has 0 bridgehead atoms. The molecule has 0 radical (unpaired) electrons. The Morgan fingerprint density at radius 3 is 2.53 bits per heavy atom. The van der Waals surface area contributed by atoms with Crippen molar-refractivity contribution in [1.82, 2.24) is 0 Å². The average Bonchev–Trinajstić information content (AvgIpc) is 2.73. The van der Waals surface area contributed by atoms with Crippen molar-refractivity contribution in [2.45, 2.75) is 79.1 Å². The largest absolute Gasteiger partial charge is 0.504 e. The number of carbonyl (C=O) groups is 2. The van der Waals surface area contributed by atoms with Gasteiger partial charge in [0.05, 0.1) is 0 Å². The van der Waals surface area contributed by atoms with Crippen LogP contribution in [0.15, 0.2) is 46.3 Å². The Bertz CT molecular complexity index is 1030. The van der Waals surface area contributed by atoms with Crippen molar-refractivity contribution in [3.8, 4) is 0 Å². The van der Waals surface area contributed by atoms with Crippen molar-refractivity contribution in [2.24, 2.45) is 34.0 Å². The number of aliphatic carboxylic acids is 1. The summed E-state index contributed by atoms with van der Waals surface area (Å²) in [7, 11) is 0. The molecule has 3 saturated carbocycles. The highest BCUT2D eigenvalue weighted by Crippen LogP contribution is 2.69. The lowest BCUT2D eigenvalue weighted by atomic mass is 9.40. The molecule has 0 heterocycles. The molecule has 1 unspecified atom stereocenters. The third-order valence-electron chi connectivity index (χ3n) is 10.3. The number of carbonyl (C=O) groups excluding carboxylic acids is 1. The number of carboxylic acids is 1. The summed E-state index contributed by atoms with van der Waals surface area (Å²) in [5.41, 5.74) is 4.41. The second-order valence-corrected chi connectivity index (χ2v) is 12.0. The number of ketones is 1. The van der Waals surface area contributed by atoms with E-state index in [2.05, 4.69) is 32.9 Å². The molecule has 0 aliphatic heterocycles. The first-order chi connectivity index (χ1) is 15.0. The van der Waals surface area contributed by atoms with Gasteiger partial charge in [0.1, 0.15) is 0 Å². The number of fused-ring (bicyclic) bond motifs is 7. The molecule has 4 nitrogen and oxygen atoms in total. The van der Waals surface area contributed by atoms with Crippen molar-refractivity contribution < 1.29 is 19.8 Å². The molecule has 172 valence electrons. The van der Waals surface area contributed by atoms with Gasteiger partial charge in [-0.25, -0.2) is 0 Å². The second kappa shape index (κ2) is 6.95. The van der Waals surface area contributed by atoms with Gasteiger partial charge in [0.2, 0.25) is 5.78 Å². The molecule has 4 heteroatoms. The fourth-order valence-electron chi connectivity index (χ4n) is 8.39. The van der Waals surface area contributed by atoms with E-state index in [9.17, 15) is 19.8 Å². The Morgan fingerprint density at radius 1 is 1.06 bits per heavy atom. The summed E-state index contributed by atoms with van der Waals surface area (Å²) < 4.78 is 0. The molecule has 0 aromatic rings. The van der Waals surface area contributed by atoms with Crippen LogP contribution in [0.4, 0.5) is 0 Å². The van der Waals surface area contributed by atoms with Gasteiger partial charge in [0.15, 0.2) is 5.76 Å². The first kappa shape index (κ1) is 21.7. The minimum Gasteiger partial charge on any atom is -0.504 e. The Labute approximate surface area is 191 Å². The number of aliphatic hydroxyl groups is 1. The fourth-order valence-corrected chi connectivity index (χ4v) is 8.39. The lowest BCUT2D eigenvalue weighted by Crippen LogP contribution is -2.55. The Balaban J connectivity index is 1.55. The molecule has 5 rings (SSSR count). The van der Waals surface area contributed by atoms with E-state index in [1.165, 1.54) is 12.0 Å². The quantitative estimate of drug-likeness (QED) is 0.532. The average molecular weight is 437 g/mol. The van der Waals surface area contributed by atoms with E-state index in [1.54, 1.807) is 6.08 Å². The minimum atomic E-state index is -0.665. The zero-order valence-electron chi connectivity index (χ0n) is 19.8. The SMILES string of the molecule is CC1=C(O)C(=O)C=C2C1=CC=C1[C@@]2(C)CCC2[C@@H]3C[C@@H](CC(=O)O)CC[C@]3(C)CC[C@]12C. The maximum absolute atomic E-state index is 12.5. The van der Waals surface area contributed by atoms with Crippen LogP contribution in [0, 0.1) is 34.0 Å². The van der Waals surface area contributed by atoms with Crippen LogP contribution in [0.2, 0.25) is 0 Å². The summed E-state index contributed by atoms with van der Waals surface area (Å²) in [6.07, 6.45) is 14.1. The van der Waals surface area contributed by atoms with Gasteiger partial charge in [-0.1, -0.05) is 38.5 Å². The molecule has 3 fully saturated rings. The molecule has 0 spiro atoms. The van der Waals surface area contributed by atoms with E-state index in [0.29, 0.717) is 35.2 Å². The Hall–Kier alpha value is -2.10. The van der Waals surface area contributed by atoms with Crippen LogP contribution < -0.4 is 0 Å². The summed E-state index contributed by atoms with van der Waals surface area (Å²) in [5.74, 6) is 0.342. The molecular formula is C28H36O4. The summed E-state index contributed by atoms with van der Waals surface area (Å²) in [6, 6.07) is 0. The summed E-state index contributed by atoms with van der Waals surface area (Å²) in [4.78, 5) is 23.9. The Kier molecular flexibility index (Phi) is 4.72. The molecule has 0 saturated heterocycles. The summed E-state index contributed by atoms with van der Waals surface area (Å²) >= 11 is 0. The molecule has 6 atom stereocenters. The summed E-state index contributed by atoms with van der Waals surface area (Å²) in [6.45, 7) is 9.03. The van der Waals surface area contributed by atoms with Crippen LogP contribution in [0.3, 0.4) is 0 Å². The first-order valence-corrected chi connectivity index (χ1v) is 12.3.